The topological polar surface area (TPSA) is 26.4 Å². The number of rotatable bonds is 2. The molecule has 6 aromatic carbocycles. The molecule has 0 unspecified atom stereocenters. The molecule has 0 fully saturated rings. The second-order valence-electron chi connectivity index (χ2n) is 14.6. The predicted molar refractivity (Wildman–Crippen MR) is 214 cm³/mol. The van der Waals surface area contributed by atoms with Gasteiger partial charge in [0.25, 0.3) is 0 Å². The Labute approximate surface area is 299 Å². The SMILES string of the molecule is CCC1=C(C)C2=C(C)c3c(C)c(CC)c(C)n3[B-]3(Oc4c(c5ccccc5c5ccccc45)-c4c(c5ccccc5c5ccccc45)O3)[N+]2=C1C. The normalized spacial score (nSPS) is 16.1. The number of nitrogens with zero attached hydrogens (tertiary/aromatic N) is 2. The van der Waals surface area contributed by atoms with E-state index in [9.17, 15) is 0 Å². The molecule has 3 aliphatic rings. The van der Waals surface area contributed by atoms with Gasteiger partial charge < -0.3 is 18.3 Å². The molecular weight excluding hydrogens is 623 g/mol. The molecule has 0 N–H and O–H groups in total. The maximum Gasteiger partial charge on any atom is 0.780 e. The Balaban J connectivity index is 1.50. The molecular formula is C46H41BN2O2. The lowest BCUT2D eigenvalue weighted by atomic mass is 9.79. The summed E-state index contributed by atoms with van der Waals surface area (Å²) in [6.07, 6.45) is 1.86. The molecule has 1 aromatic heterocycles. The van der Waals surface area contributed by atoms with Gasteiger partial charge in [0.2, 0.25) is 0 Å². The van der Waals surface area contributed by atoms with Gasteiger partial charge in [-0.3, -0.25) is 0 Å². The van der Waals surface area contributed by atoms with Crippen molar-refractivity contribution >= 4 is 61.2 Å². The molecule has 250 valence electrons. The van der Waals surface area contributed by atoms with E-state index in [4.69, 9.17) is 9.31 Å². The van der Waals surface area contributed by atoms with Crippen LogP contribution in [-0.2, 0) is 6.42 Å². The Morgan fingerprint density at radius 3 is 1.43 bits per heavy atom. The highest BCUT2D eigenvalue weighted by atomic mass is 16.6. The van der Waals surface area contributed by atoms with Crippen LogP contribution in [-0.4, -0.2) is 21.5 Å². The lowest BCUT2D eigenvalue weighted by Gasteiger charge is -2.43. The van der Waals surface area contributed by atoms with Crippen LogP contribution >= 0.6 is 0 Å². The van der Waals surface area contributed by atoms with Crippen LogP contribution in [0.3, 0.4) is 0 Å². The summed E-state index contributed by atoms with van der Waals surface area (Å²) in [5.74, 6) is 1.74. The average Bonchev–Trinajstić information content (AvgIpc) is 3.50. The lowest BCUT2D eigenvalue weighted by molar-refractivity contribution is -0.372. The molecule has 0 bridgehead atoms. The van der Waals surface area contributed by atoms with Gasteiger partial charge in [0.1, 0.15) is 5.71 Å². The summed E-state index contributed by atoms with van der Waals surface area (Å²) in [6.45, 7) is 13.5. The van der Waals surface area contributed by atoms with Gasteiger partial charge in [0, 0.05) is 51.2 Å². The third-order valence-electron chi connectivity index (χ3n) is 12.3. The summed E-state index contributed by atoms with van der Waals surface area (Å²) < 4.78 is 21.0. The van der Waals surface area contributed by atoms with E-state index in [0.717, 1.165) is 57.0 Å². The van der Waals surface area contributed by atoms with Gasteiger partial charge in [-0.15, -0.1) is 0 Å². The van der Waals surface area contributed by atoms with Gasteiger partial charge in [0.15, 0.2) is 5.70 Å². The summed E-state index contributed by atoms with van der Waals surface area (Å²) in [5, 5.41) is 9.26. The zero-order valence-electron chi connectivity index (χ0n) is 30.4. The molecule has 0 saturated carbocycles. The van der Waals surface area contributed by atoms with Gasteiger partial charge in [0.05, 0.1) is 11.5 Å². The first-order chi connectivity index (χ1) is 24.8. The van der Waals surface area contributed by atoms with Crippen LogP contribution in [0, 0.1) is 13.8 Å². The maximum absolute atomic E-state index is 8.03. The van der Waals surface area contributed by atoms with Crippen LogP contribution in [0.25, 0.3) is 59.8 Å². The number of benzene rings is 6. The van der Waals surface area contributed by atoms with Crippen LogP contribution in [0.15, 0.2) is 114 Å². The number of fused-ring (bicyclic) bond motifs is 17. The molecule has 7 aromatic rings. The predicted octanol–water partition coefficient (Wildman–Crippen LogP) is 11.7. The summed E-state index contributed by atoms with van der Waals surface area (Å²) >= 11 is 0. The van der Waals surface area contributed by atoms with Gasteiger partial charge >= 0.3 is 6.82 Å². The minimum absolute atomic E-state index is 0.868. The van der Waals surface area contributed by atoms with E-state index in [1.165, 1.54) is 72.2 Å². The second kappa shape index (κ2) is 10.5. The lowest BCUT2D eigenvalue weighted by Crippen LogP contribution is -2.67. The van der Waals surface area contributed by atoms with Crippen molar-refractivity contribution in [2.45, 2.75) is 61.3 Å². The Hall–Kier alpha value is -5.55. The van der Waals surface area contributed by atoms with E-state index in [-0.39, 0.29) is 0 Å². The van der Waals surface area contributed by atoms with E-state index < -0.39 is 6.82 Å². The van der Waals surface area contributed by atoms with E-state index in [2.05, 4.69) is 154 Å². The highest BCUT2D eigenvalue weighted by molar-refractivity contribution is 6.62. The molecule has 0 atom stereocenters. The summed E-state index contributed by atoms with van der Waals surface area (Å²) in [7, 11) is 0. The summed E-state index contributed by atoms with van der Waals surface area (Å²) in [6, 6.07) is 35.1. The zero-order chi connectivity index (χ0) is 34.9. The molecule has 4 nitrogen and oxygen atoms in total. The maximum atomic E-state index is 8.03. The molecule has 0 radical (unpaired) electrons. The fourth-order valence-electron chi connectivity index (χ4n) is 10.3. The monoisotopic (exact) mass is 664 g/mol. The van der Waals surface area contributed by atoms with Gasteiger partial charge in [-0.1, -0.05) is 111 Å². The molecule has 10 rings (SSSR count). The number of aromatic nitrogens is 1. The number of hydrogen-bond donors (Lipinski definition) is 0. The molecule has 1 spiro atoms. The third-order valence-corrected chi connectivity index (χ3v) is 12.3. The fourth-order valence-corrected chi connectivity index (χ4v) is 10.3. The smallest absolute Gasteiger partial charge is 0.600 e. The number of allylic oxidation sites excluding steroid dienone is 3. The Kier molecular flexibility index (Phi) is 6.23. The number of hydrogen-bond acceptors (Lipinski definition) is 2. The standard InChI is InChI=1S/C46H41BN2O2/c1-8-31-26(3)43-28(5)44-27(4)32(9-2)30(7)49(44)47(48(43)29(31)6)50-45-39-24-16-12-20-35(39)33-18-10-14-22-37(33)41(45)42-38-23-15-11-19-34(38)36-21-13-17-25-40(36)46(42)51-47/h10-25H,8-9H2,1-7H3. The van der Waals surface area contributed by atoms with E-state index in [1.807, 2.05) is 0 Å². The van der Waals surface area contributed by atoms with Crippen LogP contribution in [0.1, 0.15) is 63.6 Å². The van der Waals surface area contributed by atoms with Gasteiger partial charge in [-0.25, -0.2) is 0 Å². The zero-order valence-corrected chi connectivity index (χ0v) is 30.4. The fraction of sp³-hybridized carbons (Fsp3) is 0.196. The molecule has 3 aliphatic heterocycles. The van der Waals surface area contributed by atoms with Crippen molar-refractivity contribution in [1.82, 2.24) is 4.48 Å². The first kappa shape index (κ1) is 30.3. The average molecular weight is 665 g/mol. The van der Waals surface area contributed by atoms with Crippen molar-refractivity contribution in [1.29, 1.82) is 0 Å². The molecule has 0 amide bonds. The Morgan fingerprint density at radius 1 is 0.549 bits per heavy atom. The second-order valence-corrected chi connectivity index (χ2v) is 14.6. The van der Waals surface area contributed by atoms with Gasteiger partial charge in [-0.05, 0) is 89.7 Å². The van der Waals surface area contributed by atoms with Crippen molar-refractivity contribution in [3.63, 3.8) is 0 Å². The van der Waals surface area contributed by atoms with Crippen molar-refractivity contribution in [2.24, 2.45) is 0 Å². The summed E-state index contributed by atoms with van der Waals surface area (Å²) in [5.41, 5.74) is 13.6. The molecule has 5 heteroatoms. The van der Waals surface area contributed by atoms with Crippen LogP contribution in [0.5, 0.6) is 11.5 Å². The van der Waals surface area contributed by atoms with E-state index in [0.29, 0.717) is 0 Å². The van der Waals surface area contributed by atoms with Gasteiger partial charge in [-0.2, -0.15) is 0 Å². The van der Waals surface area contributed by atoms with Crippen molar-refractivity contribution in [2.75, 3.05) is 0 Å². The highest BCUT2D eigenvalue weighted by Crippen LogP contribution is 2.56. The minimum Gasteiger partial charge on any atom is -0.600 e. The molecule has 0 saturated heterocycles. The highest BCUT2D eigenvalue weighted by Gasteiger charge is 2.62. The van der Waals surface area contributed by atoms with E-state index >= 15 is 0 Å². The Bertz CT molecular complexity index is 2700. The Morgan fingerprint density at radius 2 is 0.980 bits per heavy atom. The van der Waals surface area contributed by atoms with Crippen molar-refractivity contribution in [3.8, 4) is 22.6 Å². The van der Waals surface area contributed by atoms with Crippen LogP contribution in [0.2, 0.25) is 0 Å². The first-order valence-electron chi connectivity index (χ1n) is 18.5. The largest absolute Gasteiger partial charge is 0.780 e. The van der Waals surface area contributed by atoms with Crippen LogP contribution < -0.4 is 9.31 Å². The molecule has 0 aliphatic carbocycles. The molecule has 4 heterocycles. The minimum atomic E-state index is -2.45. The van der Waals surface area contributed by atoms with Crippen LogP contribution in [0.4, 0.5) is 0 Å². The quantitative estimate of drug-likeness (QED) is 0.136. The molecule has 51 heavy (non-hydrogen) atoms. The van der Waals surface area contributed by atoms with Crippen molar-refractivity contribution < 1.29 is 13.8 Å². The summed E-state index contributed by atoms with van der Waals surface area (Å²) in [4.78, 5) is 0. The van der Waals surface area contributed by atoms with E-state index in [1.54, 1.807) is 0 Å². The first-order valence-corrected chi connectivity index (χ1v) is 18.5. The third kappa shape index (κ3) is 3.64. The van der Waals surface area contributed by atoms with Crippen molar-refractivity contribution in [3.05, 3.63) is 136 Å².